The Balaban J connectivity index is 2.89. The van der Waals surface area contributed by atoms with Crippen molar-refractivity contribution in [3.8, 4) is 0 Å². The zero-order chi connectivity index (χ0) is 8.70. The topological polar surface area (TPSA) is 29.3 Å². The summed E-state index contributed by atoms with van der Waals surface area (Å²) in [6, 6.07) is 0. The van der Waals surface area contributed by atoms with Crippen molar-refractivity contribution in [1.82, 2.24) is 4.90 Å². The van der Waals surface area contributed by atoms with Crippen molar-refractivity contribution in [3.05, 3.63) is 0 Å². The second-order valence-corrected chi connectivity index (χ2v) is 5.56. The number of alkyl halides is 3. The Bertz CT molecular complexity index is 185. The summed E-state index contributed by atoms with van der Waals surface area (Å²) in [6.07, 6.45) is 0. The normalized spacial score (nSPS) is 37.8. The molecule has 2 N–H and O–H groups in total. The Labute approximate surface area is 74.5 Å². The minimum absolute atomic E-state index is 0.223. The van der Waals surface area contributed by atoms with Crippen LogP contribution in [0.25, 0.3) is 0 Å². The first-order valence-electron chi connectivity index (χ1n) is 3.16. The first-order chi connectivity index (χ1) is 4.91. The van der Waals surface area contributed by atoms with Gasteiger partial charge in [-0.25, -0.2) is 8.78 Å². The van der Waals surface area contributed by atoms with E-state index in [-0.39, 0.29) is 13.1 Å². The third-order valence-electron chi connectivity index (χ3n) is 1.82. The second kappa shape index (κ2) is 2.70. The molecule has 11 heavy (non-hydrogen) atoms. The summed E-state index contributed by atoms with van der Waals surface area (Å²) in [4.78, 5) is 1.56. The van der Waals surface area contributed by atoms with Crippen LogP contribution in [0.15, 0.2) is 0 Å². The number of halogens is 3. The maximum absolute atomic E-state index is 13.1. The van der Waals surface area contributed by atoms with Crippen LogP contribution in [0, 0.1) is 0 Å². The van der Waals surface area contributed by atoms with Crippen LogP contribution in [0.2, 0.25) is 0 Å². The van der Waals surface area contributed by atoms with E-state index in [2.05, 4.69) is 4.51 Å². The van der Waals surface area contributed by atoms with Crippen LogP contribution in [0.4, 0.5) is 8.78 Å². The lowest BCUT2D eigenvalue weighted by molar-refractivity contribution is -0.00426. The summed E-state index contributed by atoms with van der Waals surface area (Å²) >= 11 is -0.861. The van der Waals surface area contributed by atoms with Crippen molar-refractivity contribution < 1.29 is 8.78 Å². The highest BCUT2D eigenvalue weighted by atomic mass is 127. The molecule has 1 rings (SSSR count). The molecule has 0 aromatic heterocycles. The molecule has 0 bridgehead atoms. The fourth-order valence-electron chi connectivity index (χ4n) is 1.17. The van der Waals surface area contributed by atoms with Crippen LogP contribution < -0.4 is 5.73 Å². The molecule has 1 fully saturated rings. The van der Waals surface area contributed by atoms with Gasteiger partial charge in [-0.3, -0.25) is 4.90 Å². The first kappa shape index (κ1) is 9.47. The third kappa shape index (κ3) is 1.46. The zero-order valence-electron chi connectivity index (χ0n) is 6.28. The number of nitrogens with zero attached hydrogens (tertiary/aromatic N) is 1. The Morgan fingerprint density at radius 1 is 1.55 bits per heavy atom. The molecule has 0 aromatic carbocycles. The molecule has 0 spiro atoms. The van der Waals surface area contributed by atoms with E-state index >= 15 is 0 Å². The van der Waals surface area contributed by atoms with Crippen molar-refractivity contribution >= 4 is 25.2 Å². The van der Waals surface area contributed by atoms with Gasteiger partial charge in [-0.05, 0) is 7.05 Å². The van der Waals surface area contributed by atoms with Crippen LogP contribution >= 0.6 is 20.7 Å². The molecule has 1 aliphatic heterocycles. The van der Waals surface area contributed by atoms with E-state index < -0.39 is 30.2 Å². The Hall–Kier alpha value is 0.380. The highest BCUT2D eigenvalue weighted by Gasteiger charge is 2.55. The van der Waals surface area contributed by atoms with Crippen molar-refractivity contribution in [2.75, 3.05) is 20.1 Å². The Morgan fingerprint density at radius 3 is 2.27 bits per heavy atom. The van der Waals surface area contributed by atoms with Gasteiger partial charge in [0.25, 0.3) is 5.92 Å². The fraction of sp³-hybridized carbons (Fsp3) is 0.833. The van der Waals surface area contributed by atoms with Gasteiger partial charge < -0.3 is 5.73 Å². The first-order valence-corrected chi connectivity index (χ1v) is 5.76. The lowest BCUT2D eigenvalue weighted by Crippen LogP contribution is -2.49. The molecule has 1 heterocycles. The van der Waals surface area contributed by atoms with Crippen molar-refractivity contribution in [2.45, 2.75) is 9.47 Å². The smallest absolute Gasteiger partial charge is 0.287 e. The van der Waals surface area contributed by atoms with Gasteiger partial charge in [0.15, 0.2) is 0 Å². The molecule has 0 saturated carbocycles. The fourth-order valence-corrected chi connectivity index (χ4v) is 2.73. The van der Waals surface area contributed by atoms with Gasteiger partial charge in [0.1, 0.15) is 3.55 Å². The predicted molar refractivity (Wildman–Crippen MR) is 50.5 cm³/mol. The number of rotatable bonds is 1. The number of hydrogen-bond acceptors (Lipinski definition) is 2. The van der Waals surface area contributed by atoms with Crippen molar-refractivity contribution in [2.24, 2.45) is 5.73 Å². The maximum Gasteiger partial charge on any atom is 0.287 e. The van der Waals surface area contributed by atoms with Crippen molar-refractivity contribution in [3.63, 3.8) is 0 Å². The second-order valence-electron chi connectivity index (χ2n) is 2.87. The van der Waals surface area contributed by atoms with E-state index in [1.165, 1.54) is 0 Å². The van der Waals surface area contributed by atoms with Gasteiger partial charge >= 0.3 is 0 Å². The molecule has 0 radical (unpaired) electrons. The lowest BCUT2D eigenvalue weighted by Gasteiger charge is -2.24. The number of likely N-dealkylation sites (tertiary alicyclic amines) is 1. The third-order valence-corrected chi connectivity index (χ3v) is 4.31. The van der Waals surface area contributed by atoms with Gasteiger partial charge in [-0.1, -0.05) is 4.51 Å². The summed E-state index contributed by atoms with van der Waals surface area (Å²) < 4.78 is 28.4. The highest BCUT2D eigenvalue weighted by molar-refractivity contribution is 14.2. The van der Waals surface area contributed by atoms with Crippen LogP contribution in [0.5, 0.6) is 0 Å². The molecular weight excluding hydrogens is 265 g/mol. The van der Waals surface area contributed by atoms with Gasteiger partial charge in [-0.2, -0.15) is 0 Å². The molecule has 0 amide bonds. The largest absolute Gasteiger partial charge is 0.311 e. The van der Waals surface area contributed by atoms with E-state index in [1.807, 2.05) is 0 Å². The van der Waals surface area contributed by atoms with E-state index in [1.54, 1.807) is 11.9 Å². The highest BCUT2D eigenvalue weighted by Crippen LogP contribution is 2.40. The summed E-state index contributed by atoms with van der Waals surface area (Å²) in [7, 11) is 1.65. The average molecular weight is 276 g/mol. The lowest BCUT2D eigenvalue weighted by atomic mass is 10.2. The van der Waals surface area contributed by atoms with Gasteiger partial charge in [-0.15, -0.1) is 20.7 Å². The van der Waals surface area contributed by atoms with Gasteiger partial charge in [0.05, 0.1) is 6.54 Å². The Kier molecular flexibility index (Phi) is 2.33. The molecule has 1 atom stereocenters. The Morgan fingerprint density at radius 2 is 2.09 bits per heavy atom. The van der Waals surface area contributed by atoms with Gasteiger partial charge in [0.2, 0.25) is 0 Å². The molecule has 66 valence electrons. The van der Waals surface area contributed by atoms with Gasteiger partial charge in [0, 0.05) is 6.54 Å². The number of nitrogens with two attached hydrogens (primary N) is 1. The summed E-state index contributed by atoms with van der Waals surface area (Å²) in [5.41, 5.74) is 5.52. The molecule has 0 aliphatic carbocycles. The standard InChI is InChI=1S/C6H11F2IN2/c1-9-6(10)4-11(2)3-5(6,7)8/h1,3-4,10H2,2H3. The minimum Gasteiger partial charge on any atom is -0.311 e. The molecule has 2 nitrogen and oxygen atoms in total. The zero-order valence-corrected chi connectivity index (χ0v) is 8.44. The van der Waals surface area contributed by atoms with Crippen LogP contribution in [-0.2, 0) is 0 Å². The van der Waals surface area contributed by atoms with E-state index in [0.29, 0.717) is 0 Å². The average Bonchev–Trinajstić information content (AvgIpc) is 2.03. The van der Waals surface area contributed by atoms with Crippen LogP contribution in [-0.4, -0.2) is 39.0 Å². The van der Waals surface area contributed by atoms with Crippen LogP contribution in [0.1, 0.15) is 0 Å². The molecular formula is C6H11F2IN2. The molecule has 1 saturated heterocycles. The monoisotopic (exact) mass is 276 g/mol. The SMILES string of the molecule is C=IC1(N)CN(C)CC1(F)F. The van der Waals surface area contributed by atoms with E-state index in [0.717, 1.165) is 0 Å². The number of hydrogen-bond donors (Lipinski definition) is 1. The molecule has 5 heteroatoms. The summed E-state index contributed by atoms with van der Waals surface area (Å²) in [5, 5.41) is 0. The number of likely N-dealkylation sites (N-methyl/N-ethyl adjacent to an activating group) is 1. The van der Waals surface area contributed by atoms with E-state index in [9.17, 15) is 8.78 Å². The molecule has 1 aliphatic rings. The summed E-state index contributed by atoms with van der Waals surface area (Å²) in [6.45, 7) is 0.0511. The quantitative estimate of drug-likeness (QED) is 0.432. The van der Waals surface area contributed by atoms with E-state index in [4.69, 9.17) is 5.73 Å². The van der Waals surface area contributed by atoms with Crippen molar-refractivity contribution in [1.29, 1.82) is 0 Å². The molecule has 1 unspecified atom stereocenters. The summed E-state index contributed by atoms with van der Waals surface area (Å²) in [5.74, 6) is -2.74. The van der Waals surface area contributed by atoms with Crippen LogP contribution in [0.3, 0.4) is 0 Å². The minimum atomic E-state index is -2.74. The molecule has 0 aromatic rings. The predicted octanol–water partition coefficient (Wildman–Crippen LogP) is 0.625. The maximum atomic E-state index is 13.1.